The lowest BCUT2D eigenvalue weighted by Gasteiger charge is -2.18. The summed E-state index contributed by atoms with van der Waals surface area (Å²) in [5.74, 6) is 1.57. The van der Waals surface area contributed by atoms with Crippen molar-refractivity contribution in [1.82, 2.24) is 10.2 Å². The predicted octanol–water partition coefficient (Wildman–Crippen LogP) is 4.35. The molecule has 0 aliphatic rings. The molecule has 2 aromatic rings. The molecule has 24 heavy (non-hydrogen) atoms. The molecule has 128 valence electrons. The standard InChI is InChI=1S/C17H21N3O2S2/c1-5-10-23-17-20-19-16(24-17)18-15(21)12(4)22-14-9-7-6-8-13(14)11(2)3/h5-9,11-12H,1,10H2,2-4H3,(H,18,19,21). The number of benzene rings is 1. The Morgan fingerprint density at radius 3 is 2.83 bits per heavy atom. The van der Waals surface area contributed by atoms with Crippen molar-refractivity contribution in [3.05, 3.63) is 42.5 Å². The maximum absolute atomic E-state index is 12.3. The molecule has 0 aliphatic carbocycles. The van der Waals surface area contributed by atoms with Gasteiger partial charge in [0.15, 0.2) is 10.4 Å². The van der Waals surface area contributed by atoms with Gasteiger partial charge in [0.05, 0.1) is 0 Å². The Hall–Kier alpha value is -1.86. The van der Waals surface area contributed by atoms with Crippen LogP contribution in [-0.2, 0) is 4.79 Å². The van der Waals surface area contributed by atoms with Gasteiger partial charge in [-0.1, -0.05) is 61.2 Å². The van der Waals surface area contributed by atoms with Crippen molar-refractivity contribution in [1.29, 1.82) is 0 Å². The molecule has 0 bridgehead atoms. The van der Waals surface area contributed by atoms with Crippen molar-refractivity contribution in [2.75, 3.05) is 11.1 Å². The number of amides is 1. The number of hydrogen-bond acceptors (Lipinski definition) is 6. The van der Waals surface area contributed by atoms with Gasteiger partial charge in [0.1, 0.15) is 5.75 Å². The highest BCUT2D eigenvalue weighted by atomic mass is 32.2. The minimum Gasteiger partial charge on any atom is -0.481 e. The van der Waals surface area contributed by atoms with Crippen LogP contribution in [-0.4, -0.2) is 28.0 Å². The Morgan fingerprint density at radius 1 is 1.38 bits per heavy atom. The van der Waals surface area contributed by atoms with Crippen molar-refractivity contribution in [3.63, 3.8) is 0 Å². The van der Waals surface area contributed by atoms with Crippen molar-refractivity contribution >= 4 is 34.1 Å². The SMILES string of the molecule is C=CCSc1nnc(NC(=O)C(C)Oc2ccccc2C(C)C)s1. The summed E-state index contributed by atoms with van der Waals surface area (Å²) in [5, 5.41) is 11.2. The lowest BCUT2D eigenvalue weighted by Crippen LogP contribution is -2.30. The summed E-state index contributed by atoms with van der Waals surface area (Å²) in [6.07, 6.45) is 1.17. The van der Waals surface area contributed by atoms with Gasteiger partial charge in [-0.25, -0.2) is 0 Å². The van der Waals surface area contributed by atoms with Gasteiger partial charge in [-0.05, 0) is 24.5 Å². The zero-order chi connectivity index (χ0) is 17.5. The fourth-order valence-electron chi connectivity index (χ4n) is 1.96. The van der Waals surface area contributed by atoms with E-state index in [1.165, 1.54) is 23.1 Å². The van der Waals surface area contributed by atoms with Gasteiger partial charge >= 0.3 is 0 Å². The molecular weight excluding hydrogens is 342 g/mol. The Kier molecular flexibility index (Phi) is 6.81. The summed E-state index contributed by atoms with van der Waals surface area (Å²) in [4.78, 5) is 12.3. The lowest BCUT2D eigenvalue weighted by atomic mass is 10.0. The lowest BCUT2D eigenvalue weighted by molar-refractivity contribution is -0.122. The van der Waals surface area contributed by atoms with Gasteiger partial charge < -0.3 is 4.74 Å². The zero-order valence-electron chi connectivity index (χ0n) is 14.0. The number of rotatable bonds is 8. The molecule has 0 radical (unpaired) electrons. The van der Waals surface area contributed by atoms with Gasteiger partial charge in [-0.2, -0.15) is 0 Å². The molecule has 0 saturated carbocycles. The van der Waals surface area contributed by atoms with Crippen LogP contribution in [0.4, 0.5) is 5.13 Å². The van der Waals surface area contributed by atoms with E-state index in [-0.39, 0.29) is 5.91 Å². The van der Waals surface area contributed by atoms with E-state index in [1.54, 1.807) is 13.0 Å². The molecular formula is C17H21N3O2S2. The van der Waals surface area contributed by atoms with E-state index in [0.717, 1.165) is 21.4 Å². The number of nitrogens with zero attached hydrogens (tertiary/aromatic N) is 2. The molecule has 1 unspecified atom stereocenters. The van der Waals surface area contributed by atoms with Crippen LogP contribution in [0, 0.1) is 0 Å². The fraction of sp³-hybridized carbons (Fsp3) is 0.353. The molecule has 1 aromatic carbocycles. The van der Waals surface area contributed by atoms with Crippen LogP contribution in [0.15, 0.2) is 41.3 Å². The number of hydrogen-bond donors (Lipinski definition) is 1. The molecule has 0 fully saturated rings. The number of aromatic nitrogens is 2. The average molecular weight is 364 g/mol. The molecule has 1 atom stereocenters. The highest BCUT2D eigenvalue weighted by Crippen LogP contribution is 2.28. The summed E-state index contributed by atoms with van der Waals surface area (Å²) >= 11 is 2.87. The van der Waals surface area contributed by atoms with Crippen molar-refractivity contribution in [3.8, 4) is 5.75 Å². The molecule has 1 heterocycles. The van der Waals surface area contributed by atoms with Crippen LogP contribution in [0.2, 0.25) is 0 Å². The summed E-state index contributed by atoms with van der Waals surface area (Å²) in [5.41, 5.74) is 1.08. The van der Waals surface area contributed by atoms with Crippen LogP contribution in [0.25, 0.3) is 0 Å². The molecule has 1 N–H and O–H groups in total. The van der Waals surface area contributed by atoms with E-state index in [1.807, 2.05) is 24.3 Å². The molecule has 5 nitrogen and oxygen atoms in total. The highest BCUT2D eigenvalue weighted by Gasteiger charge is 2.19. The largest absolute Gasteiger partial charge is 0.481 e. The molecule has 0 spiro atoms. The Bertz CT molecular complexity index is 701. The predicted molar refractivity (Wildman–Crippen MR) is 100 cm³/mol. The third-order valence-corrected chi connectivity index (χ3v) is 5.14. The maximum Gasteiger partial charge on any atom is 0.266 e. The minimum atomic E-state index is -0.627. The average Bonchev–Trinajstić information content (AvgIpc) is 3.00. The maximum atomic E-state index is 12.3. The first kappa shape index (κ1) is 18.5. The number of para-hydroxylation sites is 1. The van der Waals surface area contributed by atoms with Crippen molar-refractivity contribution < 1.29 is 9.53 Å². The summed E-state index contributed by atoms with van der Waals surface area (Å²) in [7, 11) is 0. The molecule has 1 amide bonds. The number of carbonyl (C=O) groups is 1. The fourth-order valence-corrected chi connectivity index (χ4v) is 3.48. The smallest absolute Gasteiger partial charge is 0.266 e. The Morgan fingerprint density at radius 2 is 2.12 bits per heavy atom. The van der Waals surface area contributed by atoms with Crippen LogP contribution in [0.5, 0.6) is 5.75 Å². The molecule has 0 aliphatic heterocycles. The summed E-state index contributed by atoms with van der Waals surface area (Å²) in [6, 6.07) is 7.77. The van der Waals surface area contributed by atoms with Gasteiger partial charge in [0, 0.05) is 5.75 Å². The van der Waals surface area contributed by atoms with E-state index >= 15 is 0 Å². The second kappa shape index (κ2) is 8.84. The topological polar surface area (TPSA) is 64.1 Å². The molecule has 2 rings (SSSR count). The number of carbonyl (C=O) groups excluding carboxylic acids is 1. The third kappa shape index (κ3) is 5.07. The normalized spacial score (nSPS) is 12.0. The van der Waals surface area contributed by atoms with Gasteiger partial charge in [0.25, 0.3) is 5.91 Å². The highest BCUT2D eigenvalue weighted by molar-refractivity contribution is 8.01. The van der Waals surface area contributed by atoms with Crippen LogP contribution in [0.1, 0.15) is 32.3 Å². The minimum absolute atomic E-state index is 0.245. The van der Waals surface area contributed by atoms with E-state index in [2.05, 4.69) is 35.9 Å². The molecule has 1 aromatic heterocycles. The third-order valence-electron chi connectivity index (χ3n) is 3.18. The van der Waals surface area contributed by atoms with Gasteiger partial charge in [-0.15, -0.1) is 16.8 Å². The van der Waals surface area contributed by atoms with E-state index < -0.39 is 6.10 Å². The Labute approximate surface area is 150 Å². The quantitative estimate of drug-likeness (QED) is 0.429. The van der Waals surface area contributed by atoms with Crippen LogP contribution in [0.3, 0.4) is 0 Å². The van der Waals surface area contributed by atoms with E-state index in [0.29, 0.717) is 11.0 Å². The second-order valence-electron chi connectivity index (χ2n) is 5.41. The van der Waals surface area contributed by atoms with E-state index in [9.17, 15) is 4.79 Å². The number of ether oxygens (including phenoxy) is 1. The summed E-state index contributed by atoms with van der Waals surface area (Å²) in [6.45, 7) is 9.57. The van der Waals surface area contributed by atoms with E-state index in [4.69, 9.17) is 4.74 Å². The second-order valence-corrected chi connectivity index (χ2v) is 7.66. The zero-order valence-corrected chi connectivity index (χ0v) is 15.6. The number of anilines is 1. The first-order chi connectivity index (χ1) is 11.5. The van der Waals surface area contributed by atoms with Gasteiger partial charge in [-0.3, -0.25) is 10.1 Å². The van der Waals surface area contributed by atoms with Crippen molar-refractivity contribution in [2.24, 2.45) is 0 Å². The Balaban J connectivity index is 1.97. The van der Waals surface area contributed by atoms with Gasteiger partial charge in [0.2, 0.25) is 5.13 Å². The molecule has 7 heteroatoms. The van der Waals surface area contributed by atoms with Crippen LogP contribution >= 0.6 is 23.1 Å². The van der Waals surface area contributed by atoms with Crippen LogP contribution < -0.4 is 10.1 Å². The first-order valence-corrected chi connectivity index (χ1v) is 9.45. The van der Waals surface area contributed by atoms with Crippen molar-refractivity contribution in [2.45, 2.75) is 37.1 Å². The number of nitrogens with one attached hydrogen (secondary N) is 1. The summed E-state index contributed by atoms with van der Waals surface area (Å²) < 4.78 is 6.63. The molecule has 0 saturated heterocycles. The first-order valence-electron chi connectivity index (χ1n) is 7.65. The number of thioether (sulfide) groups is 1. The monoisotopic (exact) mass is 363 g/mol.